The Kier molecular flexibility index (Phi) is 8.97. The number of aryl methyl sites for hydroxylation is 1. The van der Waals surface area contributed by atoms with E-state index in [-0.39, 0.29) is 0 Å². The molecule has 1 N–H and O–H groups in total. The Labute approximate surface area is 175 Å². The smallest absolute Gasteiger partial charge is 0.132 e. The minimum absolute atomic E-state index is 0.325. The summed E-state index contributed by atoms with van der Waals surface area (Å²) in [5, 5.41) is 7.47. The summed E-state index contributed by atoms with van der Waals surface area (Å²) >= 11 is 0. The molecule has 0 saturated carbocycles. The highest BCUT2D eigenvalue weighted by atomic mass is 16.5. The van der Waals surface area contributed by atoms with Crippen LogP contribution in [0.25, 0.3) is 11.1 Å². The first-order chi connectivity index (χ1) is 14.0. The molecular weight excluding hydrogens is 360 g/mol. The van der Waals surface area contributed by atoms with E-state index < -0.39 is 0 Å². The SMILES string of the molecule is C=C(OCc1c(-c2cnn(C)c2)ccnc1NC)C(C)CCC/C(=C\CC)CC. The van der Waals surface area contributed by atoms with Crippen molar-refractivity contribution in [2.75, 3.05) is 12.4 Å². The van der Waals surface area contributed by atoms with E-state index in [0.29, 0.717) is 12.5 Å². The first kappa shape index (κ1) is 22.7. The zero-order valence-corrected chi connectivity index (χ0v) is 18.7. The summed E-state index contributed by atoms with van der Waals surface area (Å²) in [5.41, 5.74) is 4.71. The molecular formula is C24H36N4O. The Morgan fingerprint density at radius 3 is 2.79 bits per heavy atom. The molecule has 2 heterocycles. The van der Waals surface area contributed by atoms with Crippen LogP contribution in [-0.2, 0) is 18.4 Å². The molecule has 0 aliphatic rings. The topological polar surface area (TPSA) is 52.0 Å². The number of hydrogen-bond acceptors (Lipinski definition) is 4. The maximum atomic E-state index is 6.12. The second-order valence-electron chi connectivity index (χ2n) is 7.51. The lowest BCUT2D eigenvalue weighted by Crippen LogP contribution is -2.07. The van der Waals surface area contributed by atoms with Crippen LogP contribution in [0.1, 0.15) is 58.4 Å². The molecule has 158 valence electrons. The van der Waals surface area contributed by atoms with E-state index in [0.717, 1.165) is 47.5 Å². The van der Waals surface area contributed by atoms with Gasteiger partial charge < -0.3 is 10.1 Å². The number of ether oxygens (including phenoxy) is 1. The number of aromatic nitrogens is 3. The Morgan fingerprint density at radius 2 is 2.17 bits per heavy atom. The highest BCUT2D eigenvalue weighted by Gasteiger charge is 2.15. The average Bonchev–Trinajstić information content (AvgIpc) is 3.16. The predicted octanol–water partition coefficient (Wildman–Crippen LogP) is 6.11. The third kappa shape index (κ3) is 6.48. The molecule has 0 radical (unpaired) electrons. The number of hydrogen-bond donors (Lipinski definition) is 1. The fraction of sp³-hybridized carbons (Fsp3) is 0.500. The van der Waals surface area contributed by atoms with Gasteiger partial charge in [-0.25, -0.2) is 4.98 Å². The second-order valence-corrected chi connectivity index (χ2v) is 7.51. The van der Waals surface area contributed by atoms with Crippen LogP contribution in [0.15, 0.2) is 48.6 Å². The van der Waals surface area contributed by atoms with Gasteiger partial charge in [-0.3, -0.25) is 4.68 Å². The van der Waals surface area contributed by atoms with Crippen LogP contribution in [0.5, 0.6) is 0 Å². The second kappa shape index (κ2) is 11.4. The summed E-state index contributed by atoms with van der Waals surface area (Å²) in [5.74, 6) is 1.99. The molecule has 0 bridgehead atoms. The van der Waals surface area contributed by atoms with Gasteiger partial charge in [0.2, 0.25) is 0 Å². The Balaban J connectivity index is 1.99. The Hall–Kier alpha value is -2.56. The van der Waals surface area contributed by atoms with E-state index >= 15 is 0 Å². The van der Waals surface area contributed by atoms with Crippen molar-refractivity contribution in [2.45, 2.75) is 59.5 Å². The molecule has 5 heteroatoms. The summed E-state index contributed by atoms with van der Waals surface area (Å²) in [6.07, 6.45) is 13.7. The predicted molar refractivity (Wildman–Crippen MR) is 122 cm³/mol. The van der Waals surface area contributed by atoms with E-state index in [4.69, 9.17) is 4.74 Å². The fourth-order valence-corrected chi connectivity index (χ4v) is 3.50. The van der Waals surface area contributed by atoms with Gasteiger partial charge in [-0.1, -0.05) is 39.0 Å². The van der Waals surface area contributed by atoms with Gasteiger partial charge in [-0.2, -0.15) is 5.10 Å². The van der Waals surface area contributed by atoms with Gasteiger partial charge in [0.25, 0.3) is 0 Å². The molecule has 0 fully saturated rings. The van der Waals surface area contributed by atoms with E-state index in [1.807, 2.05) is 38.8 Å². The van der Waals surface area contributed by atoms with Crippen molar-refractivity contribution in [2.24, 2.45) is 13.0 Å². The minimum Gasteiger partial charge on any atom is -0.493 e. The highest BCUT2D eigenvalue weighted by molar-refractivity contribution is 5.70. The molecule has 1 atom stereocenters. The summed E-state index contributed by atoms with van der Waals surface area (Å²) < 4.78 is 7.92. The summed E-state index contributed by atoms with van der Waals surface area (Å²) in [7, 11) is 3.80. The minimum atomic E-state index is 0.325. The first-order valence-corrected chi connectivity index (χ1v) is 10.6. The molecule has 2 aromatic heterocycles. The molecule has 2 rings (SSSR count). The van der Waals surface area contributed by atoms with Crippen LogP contribution in [0.3, 0.4) is 0 Å². The maximum Gasteiger partial charge on any atom is 0.132 e. The van der Waals surface area contributed by atoms with Crippen LogP contribution in [0.4, 0.5) is 5.82 Å². The molecule has 0 spiro atoms. The van der Waals surface area contributed by atoms with Gasteiger partial charge >= 0.3 is 0 Å². The molecule has 0 saturated heterocycles. The lowest BCUT2D eigenvalue weighted by atomic mass is 9.98. The lowest BCUT2D eigenvalue weighted by molar-refractivity contribution is 0.167. The van der Waals surface area contributed by atoms with Gasteiger partial charge in [0.05, 0.1) is 12.0 Å². The number of pyridine rings is 1. The molecule has 0 aliphatic heterocycles. The monoisotopic (exact) mass is 396 g/mol. The molecule has 5 nitrogen and oxygen atoms in total. The van der Waals surface area contributed by atoms with E-state index in [1.165, 1.54) is 12.8 Å². The average molecular weight is 397 g/mol. The van der Waals surface area contributed by atoms with Crippen LogP contribution < -0.4 is 5.32 Å². The van der Waals surface area contributed by atoms with E-state index in [1.54, 1.807) is 10.3 Å². The molecule has 0 aromatic carbocycles. The van der Waals surface area contributed by atoms with Crippen LogP contribution in [0, 0.1) is 5.92 Å². The first-order valence-electron chi connectivity index (χ1n) is 10.6. The van der Waals surface area contributed by atoms with Crippen molar-refractivity contribution in [3.63, 3.8) is 0 Å². The maximum absolute atomic E-state index is 6.12. The number of allylic oxidation sites excluding steroid dienone is 3. The van der Waals surface area contributed by atoms with Gasteiger partial charge in [-0.15, -0.1) is 0 Å². The van der Waals surface area contributed by atoms with Crippen molar-refractivity contribution < 1.29 is 4.74 Å². The van der Waals surface area contributed by atoms with Crippen molar-refractivity contribution in [1.29, 1.82) is 0 Å². The molecule has 0 aliphatic carbocycles. The van der Waals surface area contributed by atoms with Crippen LogP contribution >= 0.6 is 0 Å². The standard InChI is InChI=1S/C24H36N4O/c1-7-10-20(8-2)12-9-11-18(3)19(4)29-17-23-22(13-14-26-24(23)25-5)21-15-27-28(6)16-21/h10,13-16,18H,4,7-9,11-12,17H2,1-3,5-6H3,(H,25,26)/b20-10-. The number of nitrogens with zero attached hydrogens (tertiary/aromatic N) is 3. The quantitative estimate of drug-likeness (QED) is 0.347. The summed E-state index contributed by atoms with van der Waals surface area (Å²) in [4.78, 5) is 4.45. The Bertz CT molecular complexity index is 822. The van der Waals surface area contributed by atoms with Crippen LogP contribution in [-0.4, -0.2) is 21.8 Å². The van der Waals surface area contributed by atoms with Crippen molar-refractivity contribution in [3.05, 3.63) is 54.2 Å². The third-order valence-electron chi connectivity index (χ3n) is 5.34. The van der Waals surface area contributed by atoms with Crippen LogP contribution in [0.2, 0.25) is 0 Å². The van der Waals surface area contributed by atoms with E-state index in [9.17, 15) is 0 Å². The Morgan fingerprint density at radius 1 is 1.38 bits per heavy atom. The normalized spacial score (nSPS) is 12.7. The number of rotatable bonds is 12. The van der Waals surface area contributed by atoms with Crippen molar-refractivity contribution >= 4 is 5.82 Å². The van der Waals surface area contributed by atoms with Gasteiger partial charge in [0.15, 0.2) is 0 Å². The van der Waals surface area contributed by atoms with Gasteiger partial charge in [0.1, 0.15) is 12.4 Å². The highest BCUT2D eigenvalue weighted by Crippen LogP contribution is 2.29. The molecule has 0 amide bonds. The zero-order valence-electron chi connectivity index (χ0n) is 18.7. The molecule has 1 unspecified atom stereocenters. The lowest BCUT2D eigenvalue weighted by Gasteiger charge is -2.19. The van der Waals surface area contributed by atoms with Gasteiger partial charge in [0, 0.05) is 43.5 Å². The van der Waals surface area contributed by atoms with E-state index in [2.05, 4.69) is 48.8 Å². The molecule has 2 aromatic rings. The zero-order chi connectivity index (χ0) is 21.2. The van der Waals surface area contributed by atoms with Crippen molar-refractivity contribution in [3.8, 4) is 11.1 Å². The van der Waals surface area contributed by atoms with Crippen molar-refractivity contribution in [1.82, 2.24) is 14.8 Å². The number of nitrogens with one attached hydrogen (secondary N) is 1. The largest absolute Gasteiger partial charge is 0.493 e. The number of anilines is 1. The fourth-order valence-electron chi connectivity index (χ4n) is 3.50. The third-order valence-corrected chi connectivity index (χ3v) is 5.34. The summed E-state index contributed by atoms with van der Waals surface area (Å²) in [6.45, 7) is 11.3. The van der Waals surface area contributed by atoms with Gasteiger partial charge in [-0.05, 0) is 43.7 Å². The molecule has 29 heavy (non-hydrogen) atoms. The summed E-state index contributed by atoms with van der Waals surface area (Å²) in [6, 6.07) is 2.01.